The minimum Gasteiger partial charge on any atom is -0.469 e. The van der Waals surface area contributed by atoms with Crippen molar-refractivity contribution in [3.8, 4) is 0 Å². The van der Waals surface area contributed by atoms with Crippen LogP contribution in [-0.2, 0) is 22.4 Å². The Kier molecular flexibility index (Phi) is 3.82. The summed E-state index contributed by atoms with van der Waals surface area (Å²) in [5.74, 6) is 0.186. The lowest BCUT2D eigenvalue weighted by atomic mass is 9.91. The maximum Gasteiger partial charge on any atom is 0.306 e. The van der Waals surface area contributed by atoms with Crippen LogP contribution in [0, 0.1) is 0 Å². The van der Waals surface area contributed by atoms with Crippen molar-refractivity contribution < 1.29 is 9.53 Å². The molecule has 0 N–H and O–H groups in total. The van der Waals surface area contributed by atoms with Gasteiger partial charge in [-0.3, -0.25) is 4.79 Å². The summed E-state index contributed by atoms with van der Waals surface area (Å²) >= 11 is 0. The Morgan fingerprint density at radius 2 is 2.12 bits per heavy atom. The van der Waals surface area contributed by atoms with Crippen molar-refractivity contribution in [3.05, 3.63) is 34.9 Å². The van der Waals surface area contributed by atoms with Crippen LogP contribution in [-0.4, -0.2) is 13.1 Å². The van der Waals surface area contributed by atoms with E-state index in [0.29, 0.717) is 12.3 Å². The number of carbonyl (C=O) groups excluding carboxylic acids is 1. The second-order valence-electron chi connectivity index (χ2n) is 4.77. The molecule has 2 nitrogen and oxygen atoms in total. The standard InChI is InChI=1S/C15H20O2/c1-3-11(10-15(16)17-2)14-8-7-12-5-4-6-13(12)9-14/h7-9,11H,3-6,10H2,1-2H3. The lowest BCUT2D eigenvalue weighted by Gasteiger charge is -2.15. The molecule has 0 aromatic heterocycles. The third-order valence-corrected chi connectivity index (χ3v) is 3.73. The summed E-state index contributed by atoms with van der Waals surface area (Å²) < 4.78 is 4.76. The average molecular weight is 232 g/mol. The first-order chi connectivity index (χ1) is 8.24. The van der Waals surface area contributed by atoms with Crippen LogP contribution in [0.2, 0.25) is 0 Å². The number of fused-ring (bicyclic) bond motifs is 1. The molecular formula is C15H20O2. The highest BCUT2D eigenvalue weighted by atomic mass is 16.5. The van der Waals surface area contributed by atoms with E-state index in [1.807, 2.05) is 0 Å². The minimum absolute atomic E-state index is 0.114. The lowest BCUT2D eigenvalue weighted by Crippen LogP contribution is -2.08. The zero-order valence-electron chi connectivity index (χ0n) is 10.7. The molecule has 0 saturated heterocycles. The van der Waals surface area contributed by atoms with Gasteiger partial charge in [-0.15, -0.1) is 0 Å². The highest BCUT2D eigenvalue weighted by Crippen LogP contribution is 2.29. The van der Waals surface area contributed by atoms with E-state index >= 15 is 0 Å². The number of hydrogen-bond acceptors (Lipinski definition) is 2. The molecule has 1 atom stereocenters. The quantitative estimate of drug-likeness (QED) is 0.745. The number of carbonyl (C=O) groups is 1. The van der Waals surface area contributed by atoms with Gasteiger partial charge in [0.25, 0.3) is 0 Å². The fourth-order valence-corrected chi connectivity index (χ4v) is 2.63. The molecule has 1 aliphatic rings. The molecule has 0 fully saturated rings. The second kappa shape index (κ2) is 5.35. The molecule has 1 aromatic rings. The molecule has 92 valence electrons. The van der Waals surface area contributed by atoms with Gasteiger partial charge in [-0.25, -0.2) is 0 Å². The van der Waals surface area contributed by atoms with Crippen LogP contribution in [0.15, 0.2) is 18.2 Å². The minimum atomic E-state index is -0.114. The van der Waals surface area contributed by atoms with Crippen LogP contribution in [0.3, 0.4) is 0 Å². The lowest BCUT2D eigenvalue weighted by molar-refractivity contribution is -0.141. The molecule has 0 heterocycles. The highest BCUT2D eigenvalue weighted by molar-refractivity contribution is 5.70. The van der Waals surface area contributed by atoms with Gasteiger partial charge in [0, 0.05) is 0 Å². The summed E-state index contributed by atoms with van der Waals surface area (Å²) in [5, 5.41) is 0. The van der Waals surface area contributed by atoms with E-state index < -0.39 is 0 Å². The second-order valence-corrected chi connectivity index (χ2v) is 4.77. The number of rotatable bonds is 4. The molecule has 0 bridgehead atoms. The molecule has 0 radical (unpaired) electrons. The molecule has 0 amide bonds. The van der Waals surface area contributed by atoms with E-state index in [-0.39, 0.29) is 5.97 Å². The van der Waals surface area contributed by atoms with Crippen LogP contribution < -0.4 is 0 Å². The van der Waals surface area contributed by atoms with Gasteiger partial charge in [0.15, 0.2) is 0 Å². The fourth-order valence-electron chi connectivity index (χ4n) is 2.63. The van der Waals surface area contributed by atoms with Gasteiger partial charge >= 0.3 is 5.97 Å². The largest absolute Gasteiger partial charge is 0.469 e. The van der Waals surface area contributed by atoms with Gasteiger partial charge in [-0.05, 0) is 48.3 Å². The number of ether oxygens (including phenoxy) is 1. The van der Waals surface area contributed by atoms with Gasteiger partial charge < -0.3 is 4.74 Å². The fraction of sp³-hybridized carbons (Fsp3) is 0.533. The molecule has 1 aromatic carbocycles. The van der Waals surface area contributed by atoms with Crippen LogP contribution in [0.4, 0.5) is 0 Å². The topological polar surface area (TPSA) is 26.3 Å². The summed E-state index contributed by atoms with van der Waals surface area (Å²) in [6.07, 6.45) is 5.15. The zero-order valence-corrected chi connectivity index (χ0v) is 10.7. The maximum absolute atomic E-state index is 11.4. The zero-order chi connectivity index (χ0) is 12.3. The van der Waals surface area contributed by atoms with Gasteiger partial charge in [0.05, 0.1) is 13.5 Å². The van der Waals surface area contributed by atoms with Crippen molar-refractivity contribution in [2.45, 2.75) is 44.9 Å². The number of esters is 1. The Morgan fingerprint density at radius 1 is 1.35 bits per heavy atom. The summed E-state index contributed by atoms with van der Waals surface area (Å²) in [6.45, 7) is 2.13. The van der Waals surface area contributed by atoms with E-state index in [2.05, 4.69) is 25.1 Å². The molecule has 1 aliphatic carbocycles. The Bertz CT molecular complexity index is 409. The van der Waals surface area contributed by atoms with Crippen LogP contribution in [0.1, 0.15) is 48.8 Å². The van der Waals surface area contributed by atoms with Crippen molar-refractivity contribution in [1.82, 2.24) is 0 Å². The molecular weight excluding hydrogens is 212 g/mol. The number of benzene rings is 1. The number of methoxy groups -OCH3 is 1. The molecule has 0 saturated carbocycles. The molecule has 17 heavy (non-hydrogen) atoms. The first kappa shape index (κ1) is 12.2. The van der Waals surface area contributed by atoms with Gasteiger partial charge in [0.1, 0.15) is 0 Å². The van der Waals surface area contributed by atoms with Crippen LogP contribution >= 0.6 is 0 Å². The Morgan fingerprint density at radius 3 is 2.82 bits per heavy atom. The molecule has 0 spiro atoms. The normalized spacial score (nSPS) is 15.4. The van der Waals surface area contributed by atoms with Gasteiger partial charge in [0.2, 0.25) is 0 Å². The maximum atomic E-state index is 11.4. The van der Waals surface area contributed by atoms with Crippen molar-refractivity contribution in [1.29, 1.82) is 0 Å². The van der Waals surface area contributed by atoms with Crippen molar-refractivity contribution in [3.63, 3.8) is 0 Å². The Balaban J connectivity index is 2.16. The third-order valence-electron chi connectivity index (χ3n) is 3.73. The van der Waals surface area contributed by atoms with Crippen molar-refractivity contribution in [2.24, 2.45) is 0 Å². The van der Waals surface area contributed by atoms with Crippen LogP contribution in [0.5, 0.6) is 0 Å². The average Bonchev–Trinajstić information content (AvgIpc) is 2.82. The smallest absolute Gasteiger partial charge is 0.306 e. The summed E-state index contributed by atoms with van der Waals surface area (Å²) in [7, 11) is 1.46. The predicted octanol–water partition coefficient (Wildman–Crippen LogP) is 3.23. The monoisotopic (exact) mass is 232 g/mol. The highest BCUT2D eigenvalue weighted by Gasteiger charge is 2.17. The number of hydrogen-bond donors (Lipinski definition) is 0. The van der Waals surface area contributed by atoms with Gasteiger partial charge in [-0.1, -0.05) is 25.1 Å². The van der Waals surface area contributed by atoms with Gasteiger partial charge in [-0.2, -0.15) is 0 Å². The predicted molar refractivity (Wildman–Crippen MR) is 68.1 cm³/mol. The van der Waals surface area contributed by atoms with Crippen molar-refractivity contribution in [2.75, 3.05) is 7.11 Å². The van der Waals surface area contributed by atoms with E-state index in [1.165, 1.54) is 43.1 Å². The third kappa shape index (κ3) is 2.68. The number of aryl methyl sites for hydroxylation is 2. The molecule has 1 unspecified atom stereocenters. The van der Waals surface area contributed by atoms with Crippen LogP contribution in [0.25, 0.3) is 0 Å². The Hall–Kier alpha value is -1.31. The molecule has 0 aliphatic heterocycles. The summed E-state index contributed by atoms with van der Waals surface area (Å²) in [4.78, 5) is 11.4. The summed E-state index contributed by atoms with van der Waals surface area (Å²) in [6, 6.07) is 6.71. The van der Waals surface area contributed by atoms with E-state index in [1.54, 1.807) is 0 Å². The SMILES string of the molecule is CCC(CC(=O)OC)c1ccc2c(c1)CCC2. The molecule has 2 heteroatoms. The van der Waals surface area contributed by atoms with E-state index in [9.17, 15) is 4.79 Å². The molecule has 2 rings (SSSR count). The first-order valence-corrected chi connectivity index (χ1v) is 6.43. The van der Waals surface area contributed by atoms with Crippen molar-refractivity contribution >= 4 is 5.97 Å². The first-order valence-electron chi connectivity index (χ1n) is 6.43. The van der Waals surface area contributed by atoms with E-state index in [0.717, 1.165) is 6.42 Å². The Labute approximate surface area is 103 Å². The van der Waals surface area contributed by atoms with E-state index in [4.69, 9.17) is 4.74 Å². The summed E-state index contributed by atoms with van der Waals surface area (Å²) in [5.41, 5.74) is 4.26.